The van der Waals surface area contributed by atoms with Gasteiger partial charge in [0.05, 0.1) is 6.67 Å². The van der Waals surface area contributed by atoms with Crippen molar-refractivity contribution in [2.45, 2.75) is 25.3 Å². The number of rotatable bonds is 5. The Hall–Kier alpha value is -0.370. The van der Waals surface area contributed by atoms with E-state index >= 15 is 0 Å². The summed E-state index contributed by atoms with van der Waals surface area (Å²) >= 11 is 0. The van der Waals surface area contributed by atoms with Crippen LogP contribution >= 0.6 is 0 Å². The van der Waals surface area contributed by atoms with E-state index in [1.54, 1.807) is 6.08 Å². The molecule has 0 radical (unpaired) electrons. The molecule has 0 aromatic carbocycles. The number of nitrogens with two attached hydrogens (primary N) is 1. The maximum Gasteiger partial charge on any atom is 0.0894 e. The molecule has 0 aromatic rings. The van der Waals surface area contributed by atoms with Gasteiger partial charge < -0.3 is 5.73 Å². The van der Waals surface area contributed by atoms with E-state index < -0.39 is 0 Å². The first-order valence-corrected chi connectivity index (χ1v) is 3.25. The summed E-state index contributed by atoms with van der Waals surface area (Å²) in [5, 5.41) is 0. The smallest absolute Gasteiger partial charge is 0.0894 e. The fourth-order valence-corrected chi connectivity index (χ4v) is 0.592. The molecule has 1 unspecified atom stereocenters. The quantitative estimate of drug-likeness (QED) is 0.445. The Kier molecular flexibility index (Phi) is 5.52. The van der Waals surface area contributed by atoms with Crippen LogP contribution in [0.5, 0.6) is 0 Å². The Morgan fingerprint density at radius 3 is 2.67 bits per heavy atom. The molecule has 0 saturated heterocycles. The van der Waals surface area contributed by atoms with E-state index in [1.807, 2.05) is 0 Å². The number of alkyl halides is 1. The first-order chi connectivity index (χ1) is 4.31. The first-order valence-electron chi connectivity index (χ1n) is 3.25. The predicted octanol–water partition coefficient (Wildman–Crippen LogP) is 1.64. The van der Waals surface area contributed by atoms with Gasteiger partial charge in [-0.3, -0.25) is 4.39 Å². The van der Waals surface area contributed by atoms with E-state index in [1.165, 1.54) is 0 Å². The highest BCUT2D eigenvalue weighted by Gasteiger charge is 1.94. The zero-order valence-corrected chi connectivity index (χ0v) is 5.65. The standard InChI is InChI=1S/C7H14FN/c1-2-7(9)5-3-4-6-8/h2,7H,1,3-6,9H2. The van der Waals surface area contributed by atoms with Crippen molar-refractivity contribution in [1.82, 2.24) is 0 Å². The van der Waals surface area contributed by atoms with E-state index in [9.17, 15) is 4.39 Å². The molecular formula is C7H14FN. The summed E-state index contributed by atoms with van der Waals surface area (Å²) in [6.07, 6.45) is 4.04. The summed E-state index contributed by atoms with van der Waals surface area (Å²) in [6, 6.07) is 0.0524. The number of unbranched alkanes of at least 4 members (excludes halogenated alkanes) is 1. The van der Waals surface area contributed by atoms with Crippen molar-refractivity contribution in [2.24, 2.45) is 5.73 Å². The summed E-state index contributed by atoms with van der Waals surface area (Å²) in [5.74, 6) is 0. The third-order valence-electron chi connectivity index (χ3n) is 1.22. The van der Waals surface area contributed by atoms with Gasteiger partial charge in [0.1, 0.15) is 0 Å². The van der Waals surface area contributed by atoms with Gasteiger partial charge >= 0.3 is 0 Å². The molecular weight excluding hydrogens is 117 g/mol. The predicted molar refractivity (Wildman–Crippen MR) is 38.0 cm³/mol. The van der Waals surface area contributed by atoms with Gasteiger partial charge in [-0.05, 0) is 19.3 Å². The van der Waals surface area contributed by atoms with Crippen molar-refractivity contribution in [1.29, 1.82) is 0 Å². The third-order valence-corrected chi connectivity index (χ3v) is 1.22. The van der Waals surface area contributed by atoms with Crippen molar-refractivity contribution in [3.63, 3.8) is 0 Å². The van der Waals surface area contributed by atoms with Crippen LogP contribution in [0.3, 0.4) is 0 Å². The monoisotopic (exact) mass is 131 g/mol. The molecule has 1 atom stereocenters. The minimum atomic E-state index is -0.232. The largest absolute Gasteiger partial charge is 0.324 e. The van der Waals surface area contributed by atoms with E-state index in [0.717, 1.165) is 12.8 Å². The minimum Gasteiger partial charge on any atom is -0.324 e. The van der Waals surface area contributed by atoms with E-state index in [-0.39, 0.29) is 12.7 Å². The van der Waals surface area contributed by atoms with Crippen molar-refractivity contribution < 1.29 is 4.39 Å². The molecule has 0 rings (SSSR count). The lowest BCUT2D eigenvalue weighted by Gasteiger charge is -2.02. The van der Waals surface area contributed by atoms with Crippen LogP contribution in [0.4, 0.5) is 4.39 Å². The van der Waals surface area contributed by atoms with Gasteiger partial charge in [-0.25, -0.2) is 0 Å². The van der Waals surface area contributed by atoms with Crippen LogP contribution in [0.25, 0.3) is 0 Å². The minimum absolute atomic E-state index is 0.0524. The Morgan fingerprint density at radius 2 is 2.22 bits per heavy atom. The van der Waals surface area contributed by atoms with E-state index in [2.05, 4.69) is 6.58 Å². The molecule has 0 aromatic heterocycles. The molecule has 0 heterocycles. The van der Waals surface area contributed by atoms with Crippen molar-refractivity contribution in [3.05, 3.63) is 12.7 Å². The van der Waals surface area contributed by atoms with Crippen molar-refractivity contribution in [3.8, 4) is 0 Å². The van der Waals surface area contributed by atoms with Gasteiger partial charge in [-0.2, -0.15) is 0 Å². The van der Waals surface area contributed by atoms with Gasteiger partial charge in [-0.15, -0.1) is 6.58 Å². The number of hydrogen-bond donors (Lipinski definition) is 1. The second kappa shape index (κ2) is 5.76. The lowest BCUT2D eigenvalue weighted by atomic mass is 10.1. The zero-order valence-electron chi connectivity index (χ0n) is 5.65. The van der Waals surface area contributed by atoms with E-state index in [4.69, 9.17) is 5.73 Å². The maximum atomic E-state index is 11.5. The highest BCUT2D eigenvalue weighted by atomic mass is 19.1. The molecule has 54 valence electrons. The Morgan fingerprint density at radius 1 is 1.56 bits per heavy atom. The average Bonchev–Trinajstić information content (AvgIpc) is 1.89. The highest BCUT2D eigenvalue weighted by molar-refractivity contribution is 4.81. The fourth-order valence-electron chi connectivity index (χ4n) is 0.592. The Labute approximate surface area is 55.7 Å². The van der Waals surface area contributed by atoms with Crippen LogP contribution in [0.1, 0.15) is 19.3 Å². The summed E-state index contributed by atoms with van der Waals surface area (Å²) in [4.78, 5) is 0. The van der Waals surface area contributed by atoms with Crippen LogP contribution in [0, 0.1) is 0 Å². The van der Waals surface area contributed by atoms with Crippen molar-refractivity contribution in [2.75, 3.05) is 6.67 Å². The number of halogens is 1. The molecule has 9 heavy (non-hydrogen) atoms. The van der Waals surface area contributed by atoms with Gasteiger partial charge in [-0.1, -0.05) is 6.08 Å². The Balaban J connectivity index is 2.96. The van der Waals surface area contributed by atoms with E-state index in [0.29, 0.717) is 6.42 Å². The lowest BCUT2D eigenvalue weighted by Crippen LogP contribution is -2.15. The molecule has 0 spiro atoms. The number of hydrogen-bond acceptors (Lipinski definition) is 1. The van der Waals surface area contributed by atoms with Crippen LogP contribution in [-0.2, 0) is 0 Å². The second-order valence-corrected chi connectivity index (χ2v) is 2.08. The highest BCUT2D eigenvalue weighted by Crippen LogP contribution is 1.98. The summed E-state index contributed by atoms with van der Waals surface area (Å²) in [6.45, 7) is 3.29. The lowest BCUT2D eigenvalue weighted by molar-refractivity contribution is 0.452. The molecule has 0 bridgehead atoms. The SMILES string of the molecule is C=CC(N)CCCCF. The molecule has 0 fully saturated rings. The average molecular weight is 131 g/mol. The topological polar surface area (TPSA) is 26.0 Å². The zero-order chi connectivity index (χ0) is 7.11. The van der Waals surface area contributed by atoms with Crippen LogP contribution < -0.4 is 5.73 Å². The first kappa shape index (κ1) is 8.63. The van der Waals surface area contributed by atoms with Gasteiger partial charge in [0, 0.05) is 6.04 Å². The third kappa shape index (κ3) is 5.50. The van der Waals surface area contributed by atoms with Gasteiger partial charge in [0.2, 0.25) is 0 Å². The maximum absolute atomic E-state index is 11.5. The molecule has 2 heteroatoms. The van der Waals surface area contributed by atoms with Crippen molar-refractivity contribution >= 4 is 0 Å². The molecule has 0 aliphatic rings. The summed E-state index contributed by atoms with van der Waals surface area (Å²) in [7, 11) is 0. The molecule has 0 aliphatic carbocycles. The molecule has 0 amide bonds. The van der Waals surface area contributed by atoms with Crippen LogP contribution in [-0.4, -0.2) is 12.7 Å². The fraction of sp³-hybridized carbons (Fsp3) is 0.714. The van der Waals surface area contributed by atoms with Gasteiger partial charge in [0.25, 0.3) is 0 Å². The molecule has 2 N–H and O–H groups in total. The van der Waals surface area contributed by atoms with Gasteiger partial charge in [0.15, 0.2) is 0 Å². The van der Waals surface area contributed by atoms with Crippen LogP contribution in [0.15, 0.2) is 12.7 Å². The Bertz CT molecular complexity index is 73.3. The summed E-state index contributed by atoms with van der Waals surface area (Å²) in [5.41, 5.74) is 5.47. The summed E-state index contributed by atoms with van der Waals surface area (Å²) < 4.78 is 11.5. The molecule has 0 aliphatic heterocycles. The molecule has 1 nitrogen and oxygen atoms in total. The second-order valence-electron chi connectivity index (χ2n) is 2.08. The normalized spacial score (nSPS) is 13.1. The van der Waals surface area contributed by atoms with Crippen LogP contribution in [0.2, 0.25) is 0 Å². The molecule has 0 saturated carbocycles.